The highest BCUT2D eigenvalue weighted by molar-refractivity contribution is 5.93. The van der Waals surface area contributed by atoms with Crippen LogP contribution in [0.2, 0.25) is 0 Å². The van der Waals surface area contributed by atoms with Crippen LogP contribution in [0.15, 0.2) is 71.1 Å². The molecule has 0 atom stereocenters. The molecule has 27 heavy (non-hydrogen) atoms. The van der Waals surface area contributed by atoms with Crippen molar-refractivity contribution in [3.8, 4) is 5.75 Å². The Kier molecular flexibility index (Phi) is 5.89. The number of ether oxygens (including phenoxy) is 1. The highest BCUT2D eigenvalue weighted by atomic mass is 16.5. The van der Waals surface area contributed by atoms with Crippen molar-refractivity contribution in [1.82, 2.24) is 10.9 Å². The van der Waals surface area contributed by atoms with E-state index < -0.39 is 5.91 Å². The van der Waals surface area contributed by atoms with E-state index >= 15 is 0 Å². The van der Waals surface area contributed by atoms with Crippen LogP contribution >= 0.6 is 0 Å². The summed E-state index contributed by atoms with van der Waals surface area (Å²) in [6.45, 7) is 2.14. The largest absolute Gasteiger partial charge is 0.486 e. The molecule has 3 rings (SSSR count). The number of benzene rings is 2. The highest BCUT2D eigenvalue weighted by Crippen LogP contribution is 2.14. The van der Waals surface area contributed by atoms with Crippen molar-refractivity contribution < 1.29 is 18.7 Å². The standard InChI is InChI=1S/C21H20N2O4/c1-15-7-5-6-8-16(15)13-20(24)22-23-21(25)19-12-11-18(27-19)14-26-17-9-3-2-4-10-17/h2-12H,13-14H2,1H3,(H,22,24)(H,23,25). The first-order valence-electron chi connectivity index (χ1n) is 8.52. The molecule has 0 bridgehead atoms. The number of nitrogens with one attached hydrogen (secondary N) is 2. The van der Waals surface area contributed by atoms with E-state index in [0.29, 0.717) is 11.5 Å². The summed E-state index contributed by atoms with van der Waals surface area (Å²) in [5.74, 6) is 0.479. The van der Waals surface area contributed by atoms with Crippen LogP contribution < -0.4 is 15.6 Å². The number of rotatable bonds is 6. The Morgan fingerprint density at radius 2 is 1.67 bits per heavy atom. The Balaban J connectivity index is 1.47. The fraction of sp³-hybridized carbons (Fsp3) is 0.143. The van der Waals surface area contributed by atoms with Crippen LogP contribution in [-0.4, -0.2) is 11.8 Å². The Labute approximate surface area is 157 Å². The van der Waals surface area contributed by atoms with E-state index in [4.69, 9.17) is 9.15 Å². The van der Waals surface area contributed by atoms with Gasteiger partial charge in [-0.2, -0.15) is 0 Å². The van der Waals surface area contributed by atoms with Gasteiger partial charge < -0.3 is 9.15 Å². The number of para-hydroxylation sites is 1. The first-order valence-corrected chi connectivity index (χ1v) is 8.52. The molecule has 0 aliphatic heterocycles. The summed E-state index contributed by atoms with van der Waals surface area (Å²) >= 11 is 0. The summed E-state index contributed by atoms with van der Waals surface area (Å²) < 4.78 is 11.0. The Bertz CT molecular complexity index is 919. The van der Waals surface area contributed by atoms with Crippen molar-refractivity contribution in [1.29, 1.82) is 0 Å². The molecule has 0 radical (unpaired) electrons. The lowest BCUT2D eigenvalue weighted by Crippen LogP contribution is -2.42. The van der Waals surface area contributed by atoms with Crippen LogP contribution in [0.4, 0.5) is 0 Å². The quantitative estimate of drug-likeness (QED) is 0.659. The zero-order valence-corrected chi connectivity index (χ0v) is 14.9. The van der Waals surface area contributed by atoms with Gasteiger partial charge in [-0.1, -0.05) is 42.5 Å². The maximum Gasteiger partial charge on any atom is 0.305 e. The summed E-state index contributed by atoms with van der Waals surface area (Å²) in [5, 5.41) is 0. The molecular weight excluding hydrogens is 344 g/mol. The maximum absolute atomic E-state index is 12.1. The number of amides is 2. The lowest BCUT2D eigenvalue weighted by atomic mass is 10.1. The molecule has 0 unspecified atom stereocenters. The van der Waals surface area contributed by atoms with E-state index in [2.05, 4.69) is 10.9 Å². The molecule has 6 nitrogen and oxygen atoms in total. The highest BCUT2D eigenvalue weighted by Gasteiger charge is 2.13. The molecule has 0 aliphatic carbocycles. The lowest BCUT2D eigenvalue weighted by molar-refractivity contribution is -0.121. The third kappa shape index (κ3) is 5.22. The number of carbonyl (C=O) groups excluding carboxylic acids is 2. The molecular formula is C21H20N2O4. The molecule has 1 aromatic heterocycles. The fourth-order valence-corrected chi connectivity index (χ4v) is 2.46. The minimum atomic E-state index is -0.529. The van der Waals surface area contributed by atoms with Gasteiger partial charge >= 0.3 is 5.91 Å². The van der Waals surface area contributed by atoms with Gasteiger partial charge in [-0.25, -0.2) is 0 Å². The number of hydrogen-bond acceptors (Lipinski definition) is 4. The molecule has 3 aromatic rings. The average molecular weight is 364 g/mol. The average Bonchev–Trinajstić information content (AvgIpc) is 3.16. The van der Waals surface area contributed by atoms with Crippen molar-refractivity contribution in [3.05, 3.63) is 89.4 Å². The molecule has 138 valence electrons. The molecule has 6 heteroatoms. The normalized spacial score (nSPS) is 10.3. The summed E-state index contributed by atoms with van der Waals surface area (Å²) in [4.78, 5) is 24.1. The van der Waals surface area contributed by atoms with Gasteiger partial charge in [0.05, 0.1) is 6.42 Å². The van der Waals surface area contributed by atoms with Gasteiger partial charge in [0.15, 0.2) is 5.76 Å². The third-order valence-electron chi connectivity index (χ3n) is 3.94. The number of carbonyl (C=O) groups is 2. The zero-order chi connectivity index (χ0) is 19.1. The van der Waals surface area contributed by atoms with Gasteiger partial charge in [-0.05, 0) is 42.3 Å². The van der Waals surface area contributed by atoms with Crippen molar-refractivity contribution in [2.24, 2.45) is 0 Å². The van der Waals surface area contributed by atoms with Crippen LogP contribution in [0.3, 0.4) is 0 Å². The van der Waals surface area contributed by atoms with Crippen molar-refractivity contribution >= 4 is 11.8 Å². The number of hydrazine groups is 1. The van der Waals surface area contributed by atoms with E-state index in [1.54, 1.807) is 6.07 Å². The predicted molar refractivity (Wildman–Crippen MR) is 100.0 cm³/mol. The third-order valence-corrected chi connectivity index (χ3v) is 3.94. The molecule has 2 amide bonds. The molecule has 0 saturated heterocycles. The molecule has 0 fully saturated rings. The molecule has 1 heterocycles. The molecule has 0 saturated carbocycles. The van der Waals surface area contributed by atoms with Gasteiger partial charge in [0.2, 0.25) is 5.91 Å². The Hall–Kier alpha value is -3.54. The van der Waals surface area contributed by atoms with Gasteiger partial charge in [0, 0.05) is 0 Å². The second-order valence-corrected chi connectivity index (χ2v) is 5.97. The predicted octanol–water partition coefficient (Wildman–Crippen LogP) is 3.17. The smallest absolute Gasteiger partial charge is 0.305 e. The van der Waals surface area contributed by atoms with Crippen molar-refractivity contribution in [2.45, 2.75) is 20.0 Å². The molecule has 2 aromatic carbocycles. The van der Waals surface area contributed by atoms with Crippen molar-refractivity contribution in [2.75, 3.05) is 0 Å². The van der Waals surface area contributed by atoms with Crippen LogP contribution in [0.1, 0.15) is 27.4 Å². The molecule has 0 spiro atoms. The Morgan fingerprint density at radius 1 is 0.926 bits per heavy atom. The number of furan rings is 1. The SMILES string of the molecule is Cc1ccccc1CC(=O)NNC(=O)c1ccc(COc2ccccc2)o1. The van der Waals surface area contributed by atoms with E-state index in [0.717, 1.165) is 11.1 Å². The van der Waals surface area contributed by atoms with Crippen LogP contribution in [0.5, 0.6) is 5.75 Å². The Morgan fingerprint density at radius 3 is 2.44 bits per heavy atom. The van der Waals surface area contributed by atoms with Gasteiger partial charge in [-0.3, -0.25) is 20.4 Å². The second-order valence-electron chi connectivity index (χ2n) is 5.97. The minimum absolute atomic E-state index is 0.0952. The van der Waals surface area contributed by atoms with Gasteiger partial charge in [0.25, 0.3) is 0 Å². The van der Waals surface area contributed by atoms with E-state index in [9.17, 15) is 9.59 Å². The molecule has 2 N–H and O–H groups in total. The van der Waals surface area contributed by atoms with E-state index in [1.165, 1.54) is 6.07 Å². The maximum atomic E-state index is 12.1. The minimum Gasteiger partial charge on any atom is -0.486 e. The lowest BCUT2D eigenvalue weighted by Gasteiger charge is -2.08. The van der Waals surface area contributed by atoms with Gasteiger partial charge in [-0.15, -0.1) is 0 Å². The summed E-state index contributed by atoms with van der Waals surface area (Å²) in [6, 6.07) is 20.1. The summed E-state index contributed by atoms with van der Waals surface area (Å²) in [5.41, 5.74) is 6.67. The fourth-order valence-electron chi connectivity index (χ4n) is 2.46. The van der Waals surface area contributed by atoms with E-state index in [-0.39, 0.29) is 24.7 Å². The van der Waals surface area contributed by atoms with Gasteiger partial charge in [0.1, 0.15) is 18.1 Å². The van der Waals surface area contributed by atoms with Crippen LogP contribution in [0, 0.1) is 6.92 Å². The summed E-state index contributed by atoms with van der Waals surface area (Å²) in [6.07, 6.45) is 0.182. The number of hydrogen-bond donors (Lipinski definition) is 2. The summed E-state index contributed by atoms with van der Waals surface area (Å²) in [7, 11) is 0. The van der Waals surface area contributed by atoms with Crippen LogP contribution in [-0.2, 0) is 17.8 Å². The first kappa shape index (κ1) is 18.3. The van der Waals surface area contributed by atoms with Crippen molar-refractivity contribution in [3.63, 3.8) is 0 Å². The first-order chi connectivity index (χ1) is 13.1. The van der Waals surface area contributed by atoms with E-state index in [1.807, 2.05) is 61.5 Å². The monoisotopic (exact) mass is 364 g/mol. The van der Waals surface area contributed by atoms with Crippen LogP contribution in [0.25, 0.3) is 0 Å². The number of aryl methyl sites for hydroxylation is 1. The molecule has 0 aliphatic rings. The topological polar surface area (TPSA) is 80.6 Å². The zero-order valence-electron chi connectivity index (χ0n) is 14.9. The second kappa shape index (κ2) is 8.71.